The fraction of sp³-hybridized carbons (Fsp3) is 0.0667. The Morgan fingerprint density at radius 2 is 1.77 bits per heavy atom. The van der Waals surface area contributed by atoms with Crippen molar-refractivity contribution in [3.63, 3.8) is 0 Å². The first-order valence-corrected chi connectivity index (χ1v) is 6.26. The molecule has 2 aromatic carbocycles. The molecule has 22 heavy (non-hydrogen) atoms. The standard InChI is InChI=1S/C15H12N2O5/c1-22-15(19)13-8-3-2-7-12(13)14(18)16-10-5-4-6-11(9-10)17(20)21/h2-9H,1H3,(H,16,18). The third kappa shape index (κ3) is 3.26. The minimum atomic E-state index is -0.634. The highest BCUT2D eigenvalue weighted by Gasteiger charge is 2.17. The molecule has 0 heterocycles. The number of hydrogen-bond donors (Lipinski definition) is 1. The highest BCUT2D eigenvalue weighted by Crippen LogP contribution is 2.19. The maximum absolute atomic E-state index is 12.2. The summed E-state index contributed by atoms with van der Waals surface area (Å²) >= 11 is 0. The molecule has 0 saturated heterocycles. The molecular weight excluding hydrogens is 288 g/mol. The molecule has 0 aliphatic rings. The number of anilines is 1. The van der Waals surface area contributed by atoms with Crippen molar-refractivity contribution < 1.29 is 19.2 Å². The molecular formula is C15H12N2O5. The number of non-ortho nitro benzene ring substituents is 1. The zero-order chi connectivity index (χ0) is 16.1. The van der Waals surface area contributed by atoms with Gasteiger partial charge in [0, 0.05) is 17.8 Å². The normalized spacial score (nSPS) is 9.86. The summed E-state index contributed by atoms with van der Waals surface area (Å²) in [6.07, 6.45) is 0. The average Bonchev–Trinajstić information content (AvgIpc) is 2.54. The molecule has 7 heteroatoms. The van der Waals surface area contributed by atoms with E-state index in [1.807, 2.05) is 0 Å². The van der Waals surface area contributed by atoms with E-state index in [1.165, 1.54) is 43.5 Å². The van der Waals surface area contributed by atoms with Crippen molar-refractivity contribution in [2.75, 3.05) is 12.4 Å². The SMILES string of the molecule is COC(=O)c1ccccc1C(=O)Nc1cccc([N+](=O)[O-])c1. The van der Waals surface area contributed by atoms with Crippen molar-refractivity contribution in [1.29, 1.82) is 0 Å². The summed E-state index contributed by atoms with van der Waals surface area (Å²) in [6.45, 7) is 0. The summed E-state index contributed by atoms with van der Waals surface area (Å²) in [5.74, 6) is -1.19. The highest BCUT2D eigenvalue weighted by molar-refractivity contribution is 6.11. The first-order chi connectivity index (χ1) is 10.5. The van der Waals surface area contributed by atoms with Crippen LogP contribution < -0.4 is 5.32 Å². The molecule has 0 aliphatic carbocycles. The Balaban J connectivity index is 2.28. The van der Waals surface area contributed by atoms with Crippen LogP contribution in [0, 0.1) is 10.1 Å². The number of benzene rings is 2. The van der Waals surface area contributed by atoms with Gasteiger partial charge in [0.05, 0.1) is 23.2 Å². The topological polar surface area (TPSA) is 98.5 Å². The Morgan fingerprint density at radius 3 is 2.41 bits per heavy atom. The summed E-state index contributed by atoms with van der Waals surface area (Å²) in [7, 11) is 1.22. The van der Waals surface area contributed by atoms with E-state index in [2.05, 4.69) is 10.1 Å². The number of ether oxygens (including phenoxy) is 1. The van der Waals surface area contributed by atoms with Crippen LogP contribution in [0.4, 0.5) is 11.4 Å². The maximum atomic E-state index is 12.2. The zero-order valence-corrected chi connectivity index (χ0v) is 11.6. The number of nitrogens with zero attached hydrogens (tertiary/aromatic N) is 1. The second-order valence-corrected chi connectivity index (χ2v) is 4.30. The summed E-state index contributed by atoms with van der Waals surface area (Å²) in [4.78, 5) is 34.1. The monoisotopic (exact) mass is 300 g/mol. The number of nitro groups is 1. The lowest BCUT2D eigenvalue weighted by atomic mass is 10.1. The predicted molar refractivity (Wildman–Crippen MR) is 78.8 cm³/mol. The molecule has 0 unspecified atom stereocenters. The van der Waals surface area contributed by atoms with E-state index in [-0.39, 0.29) is 22.5 Å². The van der Waals surface area contributed by atoms with Gasteiger partial charge in [0.2, 0.25) is 0 Å². The average molecular weight is 300 g/mol. The smallest absolute Gasteiger partial charge is 0.338 e. The maximum Gasteiger partial charge on any atom is 0.338 e. The zero-order valence-electron chi connectivity index (χ0n) is 11.6. The van der Waals surface area contributed by atoms with Crippen LogP contribution in [-0.2, 0) is 4.74 Å². The number of nitrogens with one attached hydrogen (secondary N) is 1. The van der Waals surface area contributed by atoms with Gasteiger partial charge in [-0.25, -0.2) is 4.79 Å². The molecule has 0 spiro atoms. The Hall–Kier alpha value is -3.22. The molecule has 0 radical (unpaired) electrons. The van der Waals surface area contributed by atoms with Gasteiger partial charge in [-0.2, -0.15) is 0 Å². The van der Waals surface area contributed by atoms with Crippen LogP contribution in [0.25, 0.3) is 0 Å². The van der Waals surface area contributed by atoms with Crippen molar-refractivity contribution in [1.82, 2.24) is 0 Å². The van der Waals surface area contributed by atoms with E-state index in [0.717, 1.165) is 0 Å². The lowest BCUT2D eigenvalue weighted by Gasteiger charge is -2.08. The number of carbonyl (C=O) groups is 2. The number of carbonyl (C=O) groups excluding carboxylic acids is 2. The molecule has 7 nitrogen and oxygen atoms in total. The first-order valence-electron chi connectivity index (χ1n) is 6.26. The second-order valence-electron chi connectivity index (χ2n) is 4.30. The van der Waals surface area contributed by atoms with Gasteiger partial charge < -0.3 is 10.1 Å². The number of hydrogen-bond acceptors (Lipinski definition) is 5. The highest BCUT2D eigenvalue weighted by atomic mass is 16.6. The van der Waals surface area contributed by atoms with Crippen LogP contribution in [0.5, 0.6) is 0 Å². The van der Waals surface area contributed by atoms with E-state index in [0.29, 0.717) is 0 Å². The van der Waals surface area contributed by atoms with Crippen molar-refractivity contribution in [3.05, 3.63) is 69.8 Å². The summed E-state index contributed by atoms with van der Waals surface area (Å²) in [5.41, 5.74) is 0.367. The lowest BCUT2D eigenvalue weighted by molar-refractivity contribution is -0.384. The van der Waals surface area contributed by atoms with Crippen LogP contribution in [0.15, 0.2) is 48.5 Å². The van der Waals surface area contributed by atoms with E-state index < -0.39 is 16.8 Å². The number of amides is 1. The second kappa shape index (κ2) is 6.49. The van der Waals surface area contributed by atoms with Crippen LogP contribution in [0.2, 0.25) is 0 Å². The van der Waals surface area contributed by atoms with Gasteiger partial charge in [-0.3, -0.25) is 14.9 Å². The quantitative estimate of drug-likeness (QED) is 0.531. The Bertz CT molecular complexity index is 742. The molecule has 0 aliphatic heterocycles. The summed E-state index contributed by atoms with van der Waals surface area (Å²) in [6, 6.07) is 11.7. The molecule has 0 saturated carbocycles. The van der Waals surface area contributed by atoms with E-state index in [4.69, 9.17) is 0 Å². The van der Waals surface area contributed by atoms with Gasteiger partial charge in [-0.05, 0) is 18.2 Å². The summed E-state index contributed by atoms with van der Waals surface area (Å²) in [5, 5.41) is 13.2. The van der Waals surface area contributed by atoms with E-state index in [9.17, 15) is 19.7 Å². The van der Waals surface area contributed by atoms with Crippen LogP contribution >= 0.6 is 0 Å². The molecule has 2 aromatic rings. The van der Waals surface area contributed by atoms with Gasteiger partial charge >= 0.3 is 5.97 Å². The van der Waals surface area contributed by atoms with E-state index in [1.54, 1.807) is 12.1 Å². The third-order valence-corrected chi connectivity index (χ3v) is 2.89. The number of esters is 1. The minimum absolute atomic E-state index is 0.118. The van der Waals surface area contributed by atoms with Crippen molar-refractivity contribution >= 4 is 23.3 Å². The van der Waals surface area contributed by atoms with Crippen molar-refractivity contribution in [3.8, 4) is 0 Å². The van der Waals surface area contributed by atoms with Crippen LogP contribution in [0.3, 0.4) is 0 Å². The fourth-order valence-corrected chi connectivity index (χ4v) is 1.86. The minimum Gasteiger partial charge on any atom is -0.465 e. The van der Waals surface area contributed by atoms with Gasteiger partial charge in [0.25, 0.3) is 11.6 Å². The molecule has 2 rings (SSSR count). The molecule has 0 fully saturated rings. The Kier molecular flexibility index (Phi) is 4.47. The van der Waals surface area contributed by atoms with Gasteiger partial charge in [0.15, 0.2) is 0 Å². The predicted octanol–water partition coefficient (Wildman–Crippen LogP) is 2.63. The van der Waals surface area contributed by atoms with Crippen LogP contribution in [-0.4, -0.2) is 23.9 Å². The first kappa shape index (κ1) is 15.2. The number of methoxy groups -OCH3 is 1. The van der Waals surface area contributed by atoms with E-state index >= 15 is 0 Å². The Labute approximate surface area is 125 Å². The van der Waals surface area contributed by atoms with Crippen molar-refractivity contribution in [2.24, 2.45) is 0 Å². The fourth-order valence-electron chi connectivity index (χ4n) is 1.86. The molecule has 0 aromatic heterocycles. The van der Waals surface area contributed by atoms with Gasteiger partial charge in [-0.15, -0.1) is 0 Å². The Morgan fingerprint density at radius 1 is 1.09 bits per heavy atom. The summed E-state index contributed by atoms with van der Waals surface area (Å²) < 4.78 is 4.62. The largest absolute Gasteiger partial charge is 0.465 e. The molecule has 0 bridgehead atoms. The van der Waals surface area contributed by atoms with Crippen LogP contribution in [0.1, 0.15) is 20.7 Å². The van der Waals surface area contributed by atoms with Gasteiger partial charge in [0.1, 0.15) is 0 Å². The number of rotatable bonds is 4. The van der Waals surface area contributed by atoms with Crippen molar-refractivity contribution in [2.45, 2.75) is 0 Å². The molecule has 0 atom stereocenters. The lowest BCUT2D eigenvalue weighted by Crippen LogP contribution is -2.17. The third-order valence-electron chi connectivity index (χ3n) is 2.89. The molecule has 1 amide bonds. The number of nitro benzene ring substituents is 1. The van der Waals surface area contributed by atoms with Gasteiger partial charge in [-0.1, -0.05) is 18.2 Å². The molecule has 1 N–H and O–H groups in total. The molecule has 112 valence electrons.